The molecule has 9 heteroatoms. The summed E-state index contributed by atoms with van der Waals surface area (Å²) in [6, 6.07) is 4.36. The lowest BCUT2D eigenvalue weighted by Crippen LogP contribution is -2.44. The summed E-state index contributed by atoms with van der Waals surface area (Å²) in [6.07, 6.45) is -1.87. The summed E-state index contributed by atoms with van der Waals surface area (Å²) in [5.74, 6) is -3.18. The second-order valence-electron chi connectivity index (χ2n) is 6.54. The lowest BCUT2D eigenvalue weighted by molar-refractivity contribution is -0.125. The van der Waals surface area contributed by atoms with Crippen LogP contribution in [0, 0.1) is 24.4 Å². The van der Waals surface area contributed by atoms with E-state index >= 15 is 4.39 Å². The van der Waals surface area contributed by atoms with Crippen molar-refractivity contribution in [1.29, 1.82) is 0 Å². The van der Waals surface area contributed by atoms with Crippen molar-refractivity contribution in [3.63, 3.8) is 0 Å². The number of hydrogen-bond acceptors (Lipinski definition) is 4. The molecule has 1 N–H and O–H groups in total. The van der Waals surface area contributed by atoms with E-state index in [1.165, 1.54) is 24.8 Å². The Morgan fingerprint density at radius 3 is 2.52 bits per heavy atom. The van der Waals surface area contributed by atoms with E-state index in [1.54, 1.807) is 6.92 Å². The minimum Gasteiger partial charge on any atom is -0.476 e. The smallest absolute Gasteiger partial charge is 0.411 e. The first-order valence-corrected chi connectivity index (χ1v) is 8.91. The molecule has 1 unspecified atom stereocenters. The van der Waals surface area contributed by atoms with Gasteiger partial charge in [-0.3, -0.25) is 10.1 Å². The molecule has 3 rings (SSSR count). The van der Waals surface area contributed by atoms with Crippen LogP contribution in [0.4, 0.5) is 29.3 Å². The lowest BCUT2D eigenvalue weighted by Gasteiger charge is -2.34. The van der Waals surface area contributed by atoms with E-state index < -0.39 is 35.6 Å². The first-order valence-electron chi connectivity index (χ1n) is 8.91. The monoisotopic (exact) mass is 410 g/mol. The highest BCUT2D eigenvalue weighted by atomic mass is 19.1. The highest BCUT2D eigenvalue weighted by Crippen LogP contribution is 2.42. The first-order chi connectivity index (χ1) is 13.7. The van der Waals surface area contributed by atoms with Gasteiger partial charge in [-0.1, -0.05) is 0 Å². The number of halogens is 3. The largest absolute Gasteiger partial charge is 0.476 e. The van der Waals surface area contributed by atoms with Crippen LogP contribution in [0.2, 0.25) is 0 Å². The number of ether oxygens (including phenoxy) is 2. The number of hydrogen-bond donors (Lipinski definition) is 1. The number of anilines is 2. The molecule has 0 fully saturated rings. The van der Waals surface area contributed by atoms with Crippen LogP contribution in [-0.2, 0) is 16.1 Å². The number of carbonyl (C=O) groups excluding carboxylic acids is 2. The molecule has 0 spiro atoms. The van der Waals surface area contributed by atoms with Crippen molar-refractivity contribution in [2.24, 2.45) is 0 Å². The number of carbonyl (C=O) groups is 2. The molecule has 0 radical (unpaired) electrons. The van der Waals surface area contributed by atoms with E-state index in [4.69, 9.17) is 9.47 Å². The molecule has 1 aliphatic heterocycles. The van der Waals surface area contributed by atoms with Gasteiger partial charge < -0.3 is 14.4 Å². The van der Waals surface area contributed by atoms with E-state index in [-0.39, 0.29) is 37.3 Å². The topological polar surface area (TPSA) is 67.9 Å². The van der Waals surface area contributed by atoms with E-state index in [9.17, 15) is 18.4 Å². The Morgan fingerprint density at radius 2 is 1.90 bits per heavy atom. The van der Waals surface area contributed by atoms with Gasteiger partial charge in [0.2, 0.25) is 0 Å². The number of aryl methyl sites for hydroxylation is 1. The van der Waals surface area contributed by atoms with Gasteiger partial charge in [-0.05, 0) is 50.1 Å². The maximum absolute atomic E-state index is 15.1. The number of nitrogens with zero attached hydrogens (tertiary/aromatic N) is 1. The Balaban J connectivity index is 0.00000320. The van der Waals surface area contributed by atoms with Crippen molar-refractivity contribution in [2.45, 2.75) is 33.4 Å². The highest BCUT2D eigenvalue weighted by Gasteiger charge is 2.35. The molecule has 1 aliphatic rings. The predicted molar refractivity (Wildman–Crippen MR) is 102 cm³/mol. The first kappa shape index (κ1) is 20.5. The average molecular weight is 410 g/mol. The van der Waals surface area contributed by atoms with Crippen molar-refractivity contribution in [3.8, 4) is 5.75 Å². The minimum absolute atomic E-state index is 0. The third-order valence-corrected chi connectivity index (χ3v) is 4.36. The number of fused-ring (bicyclic) bond motifs is 1. The van der Waals surface area contributed by atoms with Crippen LogP contribution in [0.5, 0.6) is 5.75 Å². The normalized spacial score (nSPS) is 15.6. The van der Waals surface area contributed by atoms with Crippen LogP contribution in [0.25, 0.3) is 0 Å². The number of nitrogens with one attached hydrogen (secondary N) is 1. The maximum Gasteiger partial charge on any atom is 0.411 e. The van der Waals surface area contributed by atoms with Gasteiger partial charge in [0.25, 0.3) is 5.91 Å². The molecule has 1 heterocycles. The molecule has 0 saturated heterocycles. The Hall–Kier alpha value is -3.23. The second kappa shape index (κ2) is 8.02. The molecule has 156 valence electrons. The zero-order valence-corrected chi connectivity index (χ0v) is 16.0. The fourth-order valence-electron chi connectivity index (χ4n) is 3.09. The molecule has 0 bridgehead atoms. The van der Waals surface area contributed by atoms with Crippen LogP contribution < -0.4 is 15.0 Å². The summed E-state index contributed by atoms with van der Waals surface area (Å²) in [5.41, 5.74) is 0.473. The quantitative estimate of drug-likeness (QED) is 0.804. The SMILES string of the molecule is CCOC(=O)Nc1c(C)cc2c(c1F)OC(C)C(=O)N2Cc1cc(F)cc(F)c1.[HH]. The molecule has 2 aromatic rings. The molecule has 0 saturated carbocycles. The van der Waals surface area contributed by atoms with Crippen molar-refractivity contribution in [1.82, 2.24) is 0 Å². The van der Waals surface area contributed by atoms with Gasteiger partial charge in [0.1, 0.15) is 11.6 Å². The van der Waals surface area contributed by atoms with Gasteiger partial charge in [-0.25, -0.2) is 18.0 Å². The molecule has 2 amide bonds. The van der Waals surface area contributed by atoms with E-state index in [2.05, 4.69) is 5.32 Å². The van der Waals surface area contributed by atoms with E-state index in [0.717, 1.165) is 18.2 Å². The van der Waals surface area contributed by atoms with Crippen LogP contribution in [0.15, 0.2) is 24.3 Å². The third-order valence-electron chi connectivity index (χ3n) is 4.36. The summed E-state index contributed by atoms with van der Waals surface area (Å²) in [4.78, 5) is 25.5. The molecule has 0 aromatic heterocycles. The van der Waals surface area contributed by atoms with Crippen LogP contribution in [0.3, 0.4) is 0 Å². The summed E-state index contributed by atoms with van der Waals surface area (Å²) in [5, 5.41) is 2.32. The zero-order valence-electron chi connectivity index (χ0n) is 16.0. The minimum atomic E-state index is -1.03. The number of benzene rings is 2. The molecule has 1 atom stereocenters. The zero-order chi connectivity index (χ0) is 21.3. The predicted octanol–water partition coefficient (Wildman–Crippen LogP) is 4.54. The molecule has 6 nitrogen and oxygen atoms in total. The van der Waals surface area contributed by atoms with Crippen molar-refractivity contribution in [3.05, 3.63) is 52.8 Å². The summed E-state index contributed by atoms with van der Waals surface area (Å²) in [6.45, 7) is 4.50. The molecular formula is C20H21F3N2O4. The van der Waals surface area contributed by atoms with E-state index in [0.29, 0.717) is 5.56 Å². The van der Waals surface area contributed by atoms with Gasteiger partial charge in [0, 0.05) is 7.49 Å². The summed E-state index contributed by atoms with van der Waals surface area (Å²) in [7, 11) is 0. The Kier molecular flexibility index (Phi) is 5.67. The van der Waals surface area contributed by atoms with Crippen molar-refractivity contribution >= 4 is 23.4 Å². The van der Waals surface area contributed by atoms with Crippen molar-refractivity contribution in [2.75, 3.05) is 16.8 Å². The van der Waals surface area contributed by atoms with Crippen LogP contribution in [-0.4, -0.2) is 24.7 Å². The number of amides is 2. The molecule has 2 aromatic carbocycles. The lowest BCUT2D eigenvalue weighted by atomic mass is 10.1. The van der Waals surface area contributed by atoms with Crippen molar-refractivity contribution < 1.29 is 33.7 Å². The maximum atomic E-state index is 15.1. The van der Waals surface area contributed by atoms with E-state index in [1.807, 2.05) is 0 Å². The third kappa shape index (κ3) is 4.13. The van der Waals surface area contributed by atoms with Gasteiger partial charge in [0.15, 0.2) is 17.7 Å². The Labute approximate surface area is 166 Å². The summed E-state index contributed by atoms with van der Waals surface area (Å²) >= 11 is 0. The average Bonchev–Trinajstić information content (AvgIpc) is 2.63. The van der Waals surface area contributed by atoms with Crippen LogP contribution >= 0.6 is 0 Å². The second-order valence-corrected chi connectivity index (χ2v) is 6.54. The fourth-order valence-corrected chi connectivity index (χ4v) is 3.09. The highest BCUT2D eigenvalue weighted by molar-refractivity contribution is 6.01. The fraction of sp³-hybridized carbons (Fsp3) is 0.300. The van der Waals surface area contributed by atoms with Gasteiger partial charge in [0.05, 0.1) is 24.5 Å². The number of rotatable bonds is 4. The molecule has 29 heavy (non-hydrogen) atoms. The van der Waals surface area contributed by atoms with Crippen LogP contribution in [0.1, 0.15) is 26.4 Å². The summed E-state index contributed by atoms with van der Waals surface area (Å²) < 4.78 is 52.4. The Morgan fingerprint density at radius 1 is 1.24 bits per heavy atom. The van der Waals surface area contributed by atoms with Gasteiger partial charge in [-0.2, -0.15) is 0 Å². The standard InChI is InChI=1S/C20H19F3N2O4.H2/c1-4-28-20(27)24-17-10(2)5-15-18(16(17)23)29-11(3)19(26)25(15)9-12-6-13(21)8-14(22)7-12;/h5-8,11H,4,9H2,1-3H3,(H,24,27);1H. The van der Waals surface area contributed by atoms with Gasteiger partial charge >= 0.3 is 6.09 Å². The molecular weight excluding hydrogens is 389 g/mol. The Bertz CT molecular complexity index is 967. The van der Waals surface area contributed by atoms with Gasteiger partial charge in [-0.15, -0.1) is 0 Å². The molecule has 0 aliphatic carbocycles.